The van der Waals surface area contributed by atoms with E-state index in [4.69, 9.17) is 5.73 Å². The lowest BCUT2D eigenvalue weighted by Gasteiger charge is -2.11. The molecule has 21 heavy (non-hydrogen) atoms. The topological polar surface area (TPSA) is 63.8 Å². The van der Waals surface area contributed by atoms with E-state index in [0.29, 0.717) is 6.07 Å². The summed E-state index contributed by atoms with van der Waals surface area (Å²) >= 11 is 0. The summed E-state index contributed by atoms with van der Waals surface area (Å²) in [5.74, 6) is -7.38. The van der Waals surface area contributed by atoms with E-state index in [9.17, 15) is 26.3 Å². The monoisotopic (exact) mass is 308 g/mol. The van der Waals surface area contributed by atoms with Crippen LogP contribution in [0.5, 0.6) is 0 Å². The summed E-state index contributed by atoms with van der Waals surface area (Å²) in [5.41, 5.74) is 4.59. The molecule has 0 aliphatic heterocycles. The first-order valence-electron chi connectivity index (χ1n) is 5.31. The molecule has 0 aliphatic carbocycles. The van der Waals surface area contributed by atoms with Crippen LogP contribution in [0.2, 0.25) is 0 Å². The zero-order chi connectivity index (χ0) is 15.8. The predicted octanol–water partition coefficient (Wildman–Crippen LogP) is 3.24. The van der Waals surface area contributed by atoms with Crippen molar-refractivity contribution in [3.8, 4) is 0 Å². The van der Waals surface area contributed by atoms with E-state index < -0.39 is 46.8 Å². The summed E-state index contributed by atoms with van der Waals surface area (Å²) in [4.78, 5) is 6.06. The van der Waals surface area contributed by atoms with Crippen LogP contribution in [-0.2, 0) is 6.18 Å². The molecule has 0 fully saturated rings. The normalized spacial score (nSPS) is 11.5. The van der Waals surface area contributed by atoms with Crippen LogP contribution in [-0.4, -0.2) is 9.97 Å². The fraction of sp³-hybridized carbons (Fsp3) is 0.0909. The molecule has 1 aromatic heterocycles. The van der Waals surface area contributed by atoms with Crippen LogP contribution < -0.4 is 11.1 Å². The minimum atomic E-state index is -4.86. The fourth-order valence-electron chi connectivity index (χ4n) is 1.42. The van der Waals surface area contributed by atoms with Gasteiger partial charge in [0.15, 0.2) is 17.5 Å². The number of hydrogen-bond donors (Lipinski definition) is 2. The van der Waals surface area contributed by atoms with Crippen molar-refractivity contribution in [1.82, 2.24) is 9.97 Å². The van der Waals surface area contributed by atoms with Gasteiger partial charge in [-0.2, -0.15) is 13.2 Å². The maximum absolute atomic E-state index is 13.4. The van der Waals surface area contributed by atoms with Crippen LogP contribution in [0, 0.1) is 17.5 Å². The van der Waals surface area contributed by atoms with Gasteiger partial charge in [-0.25, -0.2) is 23.1 Å². The molecular formula is C11H6F6N4. The van der Waals surface area contributed by atoms with Crippen molar-refractivity contribution >= 4 is 17.3 Å². The van der Waals surface area contributed by atoms with Crippen molar-refractivity contribution in [2.75, 3.05) is 11.1 Å². The lowest BCUT2D eigenvalue weighted by atomic mass is 10.2. The number of alkyl halides is 3. The van der Waals surface area contributed by atoms with Crippen molar-refractivity contribution in [3.05, 3.63) is 41.5 Å². The Kier molecular flexibility index (Phi) is 3.62. The fourth-order valence-corrected chi connectivity index (χ4v) is 1.42. The molecule has 0 radical (unpaired) electrons. The largest absolute Gasteiger partial charge is 0.451 e. The van der Waals surface area contributed by atoms with Crippen LogP contribution in [0.3, 0.4) is 0 Å². The van der Waals surface area contributed by atoms with Gasteiger partial charge in [-0.3, -0.25) is 0 Å². The quantitative estimate of drug-likeness (QED) is 0.660. The molecule has 112 valence electrons. The highest BCUT2D eigenvalue weighted by atomic mass is 19.4. The van der Waals surface area contributed by atoms with Gasteiger partial charge in [0.25, 0.3) is 0 Å². The second-order valence-corrected chi connectivity index (χ2v) is 3.85. The van der Waals surface area contributed by atoms with Crippen molar-refractivity contribution < 1.29 is 26.3 Å². The number of hydrogen-bond acceptors (Lipinski definition) is 4. The zero-order valence-corrected chi connectivity index (χ0v) is 9.97. The van der Waals surface area contributed by atoms with Gasteiger partial charge in [0, 0.05) is 6.07 Å². The van der Waals surface area contributed by atoms with E-state index in [1.54, 1.807) is 0 Å². The Balaban J connectivity index is 2.41. The van der Waals surface area contributed by atoms with Crippen molar-refractivity contribution in [2.24, 2.45) is 0 Å². The molecule has 0 bridgehead atoms. The number of nitrogens with zero attached hydrogens (tertiary/aromatic N) is 2. The van der Waals surface area contributed by atoms with E-state index in [1.807, 2.05) is 0 Å². The second kappa shape index (κ2) is 5.11. The SMILES string of the molecule is Nc1cc(Nc2ccc(F)c(F)c2F)nc(C(F)(F)F)n1. The minimum absolute atomic E-state index is 0.514. The van der Waals surface area contributed by atoms with Gasteiger partial charge in [0.2, 0.25) is 5.82 Å². The van der Waals surface area contributed by atoms with Crippen LogP contribution in [0.15, 0.2) is 18.2 Å². The van der Waals surface area contributed by atoms with Gasteiger partial charge >= 0.3 is 6.18 Å². The van der Waals surface area contributed by atoms with Crippen molar-refractivity contribution in [3.63, 3.8) is 0 Å². The Bertz CT molecular complexity index is 685. The van der Waals surface area contributed by atoms with Crippen molar-refractivity contribution in [2.45, 2.75) is 6.18 Å². The van der Waals surface area contributed by atoms with Crippen LogP contribution >= 0.6 is 0 Å². The molecule has 0 spiro atoms. The van der Waals surface area contributed by atoms with Crippen molar-refractivity contribution in [1.29, 1.82) is 0 Å². The number of rotatable bonds is 2. The summed E-state index contributed by atoms with van der Waals surface area (Å²) in [7, 11) is 0. The molecule has 0 atom stereocenters. The maximum atomic E-state index is 13.4. The van der Waals surface area contributed by atoms with E-state index in [2.05, 4.69) is 15.3 Å². The van der Waals surface area contributed by atoms with E-state index in [-0.39, 0.29) is 0 Å². The number of nitrogens with one attached hydrogen (secondary N) is 1. The minimum Gasteiger partial charge on any atom is -0.384 e. The predicted molar refractivity (Wildman–Crippen MR) is 61.0 cm³/mol. The maximum Gasteiger partial charge on any atom is 0.451 e. The average molecular weight is 308 g/mol. The first-order chi connectivity index (χ1) is 9.68. The average Bonchev–Trinajstić information content (AvgIpc) is 2.38. The molecule has 2 aromatic rings. The first-order valence-corrected chi connectivity index (χ1v) is 5.31. The number of nitrogen functional groups attached to an aromatic ring is 1. The highest BCUT2D eigenvalue weighted by molar-refractivity contribution is 5.59. The second-order valence-electron chi connectivity index (χ2n) is 3.85. The van der Waals surface area contributed by atoms with Gasteiger partial charge in [-0.05, 0) is 12.1 Å². The molecule has 0 aliphatic rings. The van der Waals surface area contributed by atoms with Gasteiger partial charge in [-0.1, -0.05) is 0 Å². The summed E-state index contributed by atoms with van der Waals surface area (Å²) in [5, 5.41) is 2.08. The van der Waals surface area contributed by atoms with Gasteiger partial charge in [-0.15, -0.1) is 0 Å². The standard InChI is InChI=1S/C11H6F6N4/c12-4-1-2-5(9(14)8(4)13)19-7-3-6(18)20-10(21-7)11(15,16)17/h1-3H,(H3,18,19,20,21). The van der Waals surface area contributed by atoms with Crippen LogP contribution in [0.4, 0.5) is 43.7 Å². The Labute approximate surface area is 113 Å². The first kappa shape index (κ1) is 14.9. The Morgan fingerprint density at radius 1 is 1.00 bits per heavy atom. The molecule has 2 rings (SSSR count). The number of anilines is 3. The lowest BCUT2D eigenvalue weighted by Crippen LogP contribution is -2.14. The number of halogens is 6. The summed E-state index contributed by atoms with van der Waals surface area (Å²) in [6.07, 6.45) is -4.86. The lowest BCUT2D eigenvalue weighted by molar-refractivity contribution is -0.144. The van der Waals surface area contributed by atoms with Gasteiger partial charge in [0.1, 0.15) is 11.6 Å². The summed E-state index contributed by atoms with van der Waals surface area (Å²) in [6, 6.07) is 2.30. The number of nitrogens with two attached hydrogens (primary N) is 1. The molecule has 1 aromatic carbocycles. The van der Waals surface area contributed by atoms with Gasteiger partial charge < -0.3 is 11.1 Å². The highest BCUT2D eigenvalue weighted by Gasteiger charge is 2.35. The molecule has 0 unspecified atom stereocenters. The molecule has 3 N–H and O–H groups in total. The van der Waals surface area contributed by atoms with E-state index >= 15 is 0 Å². The third kappa shape index (κ3) is 3.15. The molecule has 0 saturated heterocycles. The smallest absolute Gasteiger partial charge is 0.384 e. The Morgan fingerprint density at radius 2 is 1.67 bits per heavy atom. The Morgan fingerprint density at radius 3 is 2.29 bits per heavy atom. The van der Waals surface area contributed by atoms with Crippen LogP contribution in [0.1, 0.15) is 5.82 Å². The van der Waals surface area contributed by atoms with Gasteiger partial charge in [0.05, 0.1) is 5.69 Å². The van der Waals surface area contributed by atoms with E-state index in [1.165, 1.54) is 0 Å². The van der Waals surface area contributed by atoms with E-state index in [0.717, 1.165) is 12.1 Å². The number of aromatic nitrogens is 2. The third-order valence-corrected chi connectivity index (χ3v) is 2.30. The number of benzene rings is 1. The molecule has 4 nitrogen and oxygen atoms in total. The molecule has 0 amide bonds. The molecular weight excluding hydrogens is 302 g/mol. The summed E-state index contributed by atoms with van der Waals surface area (Å²) in [6.45, 7) is 0. The zero-order valence-electron chi connectivity index (χ0n) is 9.97. The molecule has 1 heterocycles. The highest BCUT2D eigenvalue weighted by Crippen LogP contribution is 2.29. The molecule has 10 heteroatoms. The molecule has 0 saturated carbocycles. The third-order valence-electron chi connectivity index (χ3n) is 2.30. The summed E-state index contributed by atoms with van der Waals surface area (Å²) < 4.78 is 76.6. The van der Waals surface area contributed by atoms with Crippen LogP contribution in [0.25, 0.3) is 0 Å². The Hall–Kier alpha value is -2.52.